The summed E-state index contributed by atoms with van der Waals surface area (Å²) in [4.78, 5) is 112. The highest BCUT2D eigenvalue weighted by atomic mass is 32.1. The Labute approximate surface area is 504 Å². The number of carbonyl (C=O) groups is 8. The van der Waals surface area contributed by atoms with Gasteiger partial charge in [-0.1, -0.05) is 91.9 Å². The molecule has 0 spiro atoms. The van der Waals surface area contributed by atoms with Gasteiger partial charge < -0.3 is 40.4 Å². The topological polar surface area (TPSA) is 276 Å². The van der Waals surface area contributed by atoms with Crippen LogP contribution in [0.15, 0.2) is 122 Å². The molecule has 4 heterocycles. The van der Waals surface area contributed by atoms with Crippen molar-refractivity contribution in [3.63, 3.8) is 0 Å². The molecule has 20 heteroatoms. The lowest BCUT2D eigenvalue weighted by molar-refractivity contribution is -0.136. The van der Waals surface area contributed by atoms with E-state index in [2.05, 4.69) is 20.6 Å². The minimum Gasteiger partial charge on any atom is -0.497 e. The van der Waals surface area contributed by atoms with E-state index in [4.69, 9.17) is 29.8 Å². The van der Waals surface area contributed by atoms with Crippen LogP contribution >= 0.6 is 22.7 Å². The molecular formula is C65H77N5O13S2. The monoisotopic (exact) mass is 1200 g/mol. The predicted molar refractivity (Wildman–Crippen MR) is 324 cm³/mol. The molecule has 0 aliphatic carbocycles. The van der Waals surface area contributed by atoms with Crippen LogP contribution in [0.3, 0.4) is 0 Å². The first-order valence-corrected chi connectivity index (χ1v) is 29.8. The van der Waals surface area contributed by atoms with Crippen molar-refractivity contribution in [1.29, 1.82) is 0 Å². The number of epoxide rings is 2. The first-order chi connectivity index (χ1) is 40.5. The average Bonchev–Trinajstić information content (AvgIpc) is 2.86. The number of aromatic nitrogens is 2. The summed E-state index contributed by atoms with van der Waals surface area (Å²) in [6, 6.07) is 31.4. The van der Waals surface area contributed by atoms with E-state index in [1.54, 1.807) is 54.3 Å². The lowest BCUT2D eigenvalue weighted by Gasteiger charge is -2.24. The Morgan fingerprint density at radius 2 is 0.953 bits per heavy atom. The summed E-state index contributed by atoms with van der Waals surface area (Å²) >= 11 is 2.89. The van der Waals surface area contributed by atoms with Gasteiger partial charge >= 0.3 is 5.97 Å². The first-order valence-electron chi connectivity index (χ1n) is 28.1. The number of nitrogens with two attached hydrogens (primary N) is 1. The number of benzene rings is 4. The molecule has 0 bridgehead atoms. The van der Waals surface area contributed by atoms with Crippen molar-refractivity contribution in [2.24, 2.45) is 23.5 Å². The van der Waals surface area contributed by atoms with E-state index in [1.165, 1.54) is 22.7 Å². The number of rotatable bonds is 30. The van der Waals surface area contributed by atoms with Gasteiger partial charge in [0.1, 0.15) is 40.1 Å². The van der Waals surface area contributed by atoms with Crippen LogP contribution in [-0.4, -0.2) is 119 Å². The fraction of sp³-hybridized carbons (Fsp3) is 0.415. The number of Topliss-reactive ketones (excluding diaryl/α,β-unsaturated/α-hetero) is 5. The van der Waals surface area contributed by atoms with Gasteiger partial charge in [0.15, 0.2) is 11.6 Å². The van der Waals surface area contributed by atoms with Crippen LogP contribution in [0.25, 0.3) is 0 Å². The number of aliphatic carboxylic acids is 1. The Kier molecular flexibility index (Phi) is 24.7. The largest absolute Gasteiger partial charge is 0.497 e. The molecule has 2 aromatic heterocycles. The highest BCUT2D eigenvalue weighted by molar-refractivity contribution is 7.11. The Morgan fingerprint density at radius 3 is 1.29 bits per heavy atom. The molecule has 6 aromatic rings. The number of methoxy groups -OCH3 is 2. The second-order valence-corrected chi connectivity index (χ2v) is 24.6. The molecule has 8 rings (SSSR count). The van der Waals surface area contributed by atoms with Crippen molar-refractivity contribution in [2.45, 2.75) is 129 Å². The summed E-state index contributed by atoms with van der Waals surface area (Å²) in [6.45, 7) is 11.2. The third-order valence-electron chi connectivity index (χ3n) is 14.6. The van der Waals surface area contributed by atoms with Gasteiger partial charge in [-0.2, -0.15) is 0 Å². The number of hydrogen-bond acceptors (Lipinski definition) is 17. The van der Waals surface area contributed by atoms with E-state index in [0.717, 1.165) is 42.0 Å². The van der Waals surface area contributed by atoms with E-state index in [1.807, 2.05) is 123 Å². The highest BCUT2D eigenvalue weighted by Crippen LogP contribution is 2.31. The lowest BCUT2D eigenvalue weighted by Crippen LogP contribution is -2.50. The Morgan fingerprint density at radius 1 is 0.576 bits per heavy atom. The number of thiazole rings is 2. The number of nitrogens with zero attached hydrogens (tertiary/aromatic N) is 2. The van der Waals surface area contributed by atoms with Crippen LogP contribution in [0.2, 0.25) is 0 Å². The van der Waals surface area contributed by atoms with Crippen molar-refractivity contribution in [3.05, 3.63) is 164 Å². The molecule has 452 valence electrons. The second-order valence-electron chi connectivity index (χ2n) is 22.0. The van der Waals surface area contributed by atoms with Gasteiger partial charge in [-0.25, -0.2) is 9.97 Å². The van der Waals surface area contributed by atoms with Gasteiger partial charge in [0.2, 0.25) is 11.8 Å². The van der Waals surface area contributed by atoms with E-state index in [9.17, 15) is 38.4 Å². The Hall–Kier alpha value is -7.62. The Balaban J connectivity index is 0.000000238. The van der Waals surface area contributed by atoms with Crippen LogP contribution in [0.1, 0.15) is 89.0 Å². The maximum absolute atomic E-state index is 13.8. The van der Waals surface area contributed by atoms with Gasteiger partial charge in [0.25, 0.3) is 0 Å². The normalized spacial score (nSPS) is 17.7. The van der Waals surface area contributed by atoms with Gasteiger partial charge in [-0.3, -0.25) is 38.4 Å². The van der Waals surface area contributed by atoms with E-state index >= 15 is 0 Å². The van der Waals surface area contributed by atoms with Crippen LogP contribution in [0, 0.1) is 31.6 Å². The molecule has 2 aliphatic heterocycles. The minimum atomic E-state index is -0.917. The van der Waals surface area contributed by atoms with Crippen molar-refractivity contribution < 1.29 is 62.4 Å². The molecule has 0 radical (unpaired) electrons. The van der Waals surface area contributed by atoms with Crippen LogP contribution < -0.4 is 25.8 Å². The van der Waals surface area contributed by atoms with Crippen molar-refractivity contribution in [1.82, 2.24) is 20.6 Å². The van der Waals surface area contributed by atoms with E-state index < -0.39 is 53.1 Å². The molecule has 85 heavy (non-hydrogen) atoms. The van der Waals surface area contributed by atoms with Gasteiger partial charge in [-0.05, 0) is 107 Å². The molecular weight excluding hydrogens is 1120 g/mol. The minimum absolute atomic E-state index is 0.00442. The number of amides is 2. The second kappa shape index (κ2) is 31.5. The number of ketones is 5. The zero-order valence-corrected chi connectivity index (χ0v) is 51.1. The van der Waals surface area contributed by atoms with E-state index in [0.29, 0.717) is 50.4 Å². The van der Waals surface area contributed by atoms with Crippen LogP contribution in [-0.2, 0) is 86.4 Å². The standard InChI is InChI=1S/C33H38N2O6S.C26H32N2O5.C6H7NO2S/c1-21(14-26(36)18-28-19-34-22(2)42-28)30(37)17-25(15-24-10-12-27(40-4)13-11-24)32(39)35-29(31(38)33(3)20-41-33)16-23-8-6-5-7-9-23;1-17(27)23(29)15-20(13-19-9-11-21(32-3)12-10-19)25(31)28-22(24(30)26(2)16-33-26)14-18-7-5-4-6-8-18;1-4-7-3-5(10-4)2-6(8)9/h5-13,19,21,25,29H,14-18,20H2,1-4H3,(H,35,39);4-12,17,20,22H,13-16,27H2,1-3H3,(H,28,31);3H,2H2,1H3,(H,8,9)/t21-,25-,29+,33-;17-,20+,22-,26+;/m10./s1. The fourth-order valence-corrected chi connectivity index (χ4v) is 10.9. The summed E-state index contributed by atoms with van der Waals surface area (Å²) < 4.78 is 21.2. The molecule has 2 aliphatic rings. The molecule has 0 unspecified atom stereocenters. The van der Waals surface area contributed by atoms with Crippen molar-refractivity contribution in [2.75, 3.05) is 27.4 Å². The van der Waals surface area contributed by atoms with Gasteiger partial charge in [0.05, 0.1) is 62.0 Å². The zero-order valence-electron chi connectivity index (χ0n) is 49.4. The third-order valence-corrected chi connectivity index (χ3v) is 16.4. The summed E-state index contributed by atoms with van der Waals surface area (Å²) in [5.74, 6) is -2.83. The molecule has 0 saturated carbocycles. The molecule has 4 aromatic carbocycles. The van der Waals surface area contributed by atoms with Crippen molar-refractivity contribution >= 4 is 69.4 Å². The number of ether oxygens (including phenoxy) is 4. The zero-order chi connectivity index (χ0) is 61.8. The molecule has 2 fully saturated rings. The Bertz CT molecular complexity index is 3210. The maximum atomic E-state index is 13.8. The fourth-order valence-electron chi connectivity index (χ4n) is 9.26. The van der Waals surface area contributed by atoms with E-state index in [-0.39, 0.29) is 72.8 Å². The van der Waals surface area contributed by atoms with Gasteiger partial charge in [0, 0.05) is 65.6 Å². The highest BCUT2D eigenvalue weighted by Gasteiger charge is 2.51. The quantitative estimate of drug-likeness (QED) is 0.0313. The first kappa shape index (κ1) is 66.5. The predicted octanol–water partition coefficient (Wildman–Crippen LogP) is 7.83. The summed E-state index contributed by atoms with van der Waals surface area (Å²) in [5, 5.41) is 16.0. The molecule has 2 amide bonds. The third kappa shape index (κ3) is 21.4. The van der Waals surface area contributed by atoms with Crippen LogP contribution in [0.4, 0.5) is 0 Å². The molecule has 8 atom stereocenters. The summed E-state index contributed by atoms with van der Waals surface area (Å²) in [5.41, 5.74) is 7.55. The number of carboxylic acid groups (broad SMARTS) is 1. The maximum Gasteiger partial charge on any atom is 0.308 e. The number of carboxylic acids is 1. The SMILES string of the molecule is COc1ccc(C[C@H](CC(=O)[C@H](C)CC(=O)Cc2cnc(C)s2)C(=O)N[C@@H](Cc2ccccc2)C(=O)[C@@]2(C)CO2)cc1.COc1ccc(C[C@H](CC(=O)[C@H](C)N)C(=O)N[C@@H](Cc2ccccc2)C(=O)[C@@]2(C)CO2)cc1.Cc1ncc(CC(=O)O)s1. The smallest absolute Gasteiger partial charge is 0.308 e. The van der Waals surface area contributed by atoms with Crippen molar-refractivity contribution in [3.8, 4) is 11.5 Å². The molecule has 5 N–H and O–H groups in total. The molecule has 2 saturated heterocycles. The lowest BCUT2D eigenvalue weighted by atomic mass is 9.87. The summed E-state index contributed by atoms with van der Waals surface area (Å²) in [7, 11) is 3.16. The number of aryl methyl sites for hydroxylation is 2. The average molecular weight is 1200 g/mol. The summed E-state index contributed by atoms with van der Waals surface area (Å²) in [6.07, 6.45) is 4.97. The number of hydrogen-bond donors (Lipinski definition) is 4. The molecule has 18 nitrogen and oxygen atoms in total. The number of nitrogens with one attached hydrogen (secondary N) is 2. The van der Waals surface area contributed by atoms with Gasteiger partial charge in [-0.15, -0.1) is 22.7 Å². The van der Waals surface area contributed by atoms with Crippen LogP contribution in [0.5, 0.6) is 11.5 Å². The number of carbonyl (C=O) groups excluding carboxylic acids is 7.